The lowest BCUT2D eigenvalue weighted by Crippen LogP contribution is -2.44. The highest BCUT2D eigenvalue weighted by atomic mass is 19.1. The molecule has 1 aliphatic rings. The molecule has 2 aromatic carbocycles. The number of halogens is 2. The van der Waals surface area contributed by atoms with Crippen LogP contribution in [-0.4, -0.2) is 23.7 Å². The Morgan fingerprint density at radius 3 is 2.23 bits per heavy atom. The van der Waals surface area contributed by atoms with Gasteiger partial charge in [0.2, 0.25) is 0 Å². The maximum Gasteiger partial charge on any atom is 0.322 e. The van der Waals surface area contributed by atoms with Crippen molar-refractivity contribution in [1.82, 2.24) is 10.6 Å². The van der Waals surface area contributed by atoms with Crippen LogP contribution in [0, 0.1) is 23.0 Å². The van der Waals surface area contributed by atoms with Crippen molar-refractivity contribution in [3.63, 3.8) is 0 Å². The molecule has 0 saturated heterocycles. The molecule has 1 aliphatic carbocycles. The second-order valence-electron chi connectivity index (χ2n) is 6.26. The van der Waals surface area contributed by atoms with Crippen molar-refractivity contribution in [3.05, 3.63) is 95.6 Å². The van der Waals surface area contributed by atoms with Crippen LogP contribution >= 0.6 is 0 Å². The molecule has 0 bridgehead atoms. The molecule has 30 heavy (non-hydrogen) atoms. The van der Waals surface area contributed by atoms with Crippen molar-refractivity contribution >= 4 is 17.6 Å². The number of nitriles is 1. The van der Waals surface area contributed by atoms with E-state index in [4.69, 9.17) is 0 Å². The van der Waals surface area contributed by atoms with Gasteiger partial charge in [0, 0.05) is 0 Å². The summed E-state index contributed by atoms with van der Waals surface area (Å²) < 4.78 is 27.2. The lowest BCUT2D eigenvalue weighted by molar-refractivity contribution is 0.0955. The highest BCUT2D eigenvalue weighted by molar-refractivity contribution is 6.06. The van der Waals surface area contributed by atoms with Crippen LogP contribution in [0.2, 0.25) is 0 Å². The van der Waals surface area contributed by atoms with E-state index in [9.17, 15) is 23.6 Å². The van der Waals surface area contributed by atoms with Crippen molar-refractivity contribution in [2.75, 3.05) is 0 Å². The van der Waals surface area contributed by atoms with E-state index >= 15 is 0 Å². The summed E-state index contributed by atoms with van der Waals surface area (Å²) in [5, 5.41) is 13.7. The van der Waals surface area contributed by atoms with E-state index in [2.05, 4.69) is 16.4 Å². The van der Waals surface area contributed by atoms with Gasteiger partial charge in [-0.05, 0) is 29.8 Å². The first-order valence-corrected chi connectivity index (χ1v) is 8.92. The molecule has 1 unspecified atom stereocenters. The first-order chi connectivity index (χ1) is 14.5. The Kier molecular flexibility index (Phi) is 6.45. The van der Waals surface area contributed by atoms with Gasteiger partial charge in [0.05, 0.1) is 17.8 Å². The molecule has 3 amide bonds. The minimum atomic E-state index is -1.19. The molecule has 0 heterocycles. The van der Waals surface area contributed by atoms with E-state index in [0.29, 0.717) is 5.71 Å². The number of carbonyl (C=O) groups is 2. The lowest BCUT2D eigenvalue weighted by atomic mass is 10.1. The summed E-state index contributed by atoms with van der Waals surface area (Å²) in [6.45, 7) is 0. The summed E-state index contributed by atoms with van der Waals surface area (Å²) in [6.07, 6.45) is 6.45. The lowest BCUT2D eigenvalue weighted by Gasteiger charge is -2.15. The van der Waals surface area contributed by atoms with E-state index < -0.39 is 41.2 Å². The number of urea groups is 1. The summed E-state index contributed by atoms with van der Waals surface area (Å²) in [6, 6.07) is 12.0. The van der Waals surface area contributed by atoms with Crippen LogP contribution in [0.25, 0.3) is 0 Å². The summed E-state index contributed by atoms with van der Waals surface area (Å²) >= 11 is 0. The number of benzene rings is 2. The summed E-state index contributed by atoms with van der Waals surface area (Å²) in [5.74, 6) is -3.32. The molecule has 0 radical (unpaired) electrons. The molecule has 2 N–H and O–H groups in total. The summed E-state index contributed by atoms with van der Waals surface area (Å²) in [5.41, 5.74) is 0.460. The van der Waals surface area contributed by atoms with Crippen LogP contribution in [0.1, 0.15) is 22.0 Å². The number of allylic oxidation sites excluding steroid dienone is 2. The molecule has 0 aromatic heterocycles. The fraction of sp³-hybridized carbons (Fsp3) is 0.0909. The Hall–Kier alpha value is -4.12. The third-order valence-corrected chi connectivity index (χ3v) is 4.18. The molecule has 1 atom stereocenters. The number of carbonyl (C=O) groups excluding carboxylic acids is 2. The van der Waals surface area contributed by atoms with Crippen LogP contribution in [-0.2, 0) is 0 Å². The third-order valence-electron chi connectivity index (χ3n) is 4.18. The van der Waals surface area contributed by atoms with E-state index in [-0.39, 0.29) is 0 Å². The molecule has 0 spiro atoms. The molecule has 0 aliphatic heterocycles. The predicted octanol–water partition coefficient (Wildman–Crippen LogP) is 3.60. The van der Waals surface area contributed by atoms with E-state index in [1.165, 1.54) is 0 Å². The molecule has 3 rings (SSSR count). The van der Waals surface area contributed by atoms with Gasteiger partial charge in [-0.3, -0.25) is 15.1 Å². The van der Waals surface area contributed by atoms with Gasteiger partial charge in [-0.15, -0.1) is 0 Å². The van der Waals surface area contributed by atoms with Crippen molar-refractivity contribution in [2.24, 2.45) is 4.99 Å². The largest absolute Gasteiger partial charge is 0.328 e. The van der Waals surface area contributed by atoms with Gasteiger partial charge in [0.15, 0.2) is 6.04 Å². The highest BCUT2D eigenvalue weighted by Gasteiger charge is 2.20. The van der Waals surface area contributed by atoms with E-state index in [0.717, 1.165) is 23.8 Å². The Morgan fingerprint density at radius 2 is 1.63 bits per heavy atom. The van der Waals surface area contributed by atoms with Crippen molar-refractivity contribution in [2.45, 2.75) is 12.1 Å². The van der Waals surface area contributed by atoms with Crippen LogP contribution in [0.15, 0.2) is 77.8 Å². The van der Waals surface area contributed by atoms with Gasteiger partial charge in [0.1, 0.15) is 17.2 Å². The van der Waals surface area contributed by atoms with Gasteiger partial charge in [-0.1, -0.05) is 48.6 Å². The number of nitrogens with zero attached hydrogens (tertiary/aromatic N) is 2. The fourth-order valence-corrected chi connectivity index (χ4v) is 2.74. The van der Waals surface area contributed by atoms with Crippen LogP contribution in [0.4, 0.5) is 13.6 Å². The zero-order chi connectivity index (χ0) is 21.5. The van der Waals surface area contributed by atoms with Crippen LogP contribution < -0.4 is 10.6 Å². The maximum absolute atomic E-state index is 13.6. The molecule has 6 nitrogen and oxygen atoms in total. The van der Waals surface area contributed by atoms with Gasteiger partial charge in [0.25, 0.3) is 5.91 Å². The topological polar surface area (TPSA) is 94.3 Å². The average molecular weight is 406 g/mol. The smallest absolute Gasteiger partial charge is 0.322 e. The number of rotatable bonds is 4. The Morgan fingerprint density at radius 1 is 1.00 bits per heavy atom. The second kappa shape index (κ2) is 9.39. The van der Waals surface area contributed by atoms with Gasteiger partial charge in [-0.2, -0.15) is 5.26 Å². The monoisotopic (exact) mass is 406 g/mol. The second-order valence-corrected chi connectivity index (χ2v) is 6.26. The first kappa shape index (κ1) is 20.6. The number of imide groups is 1. The molecule has 0 saturated carbocycles. The third kappa shape index (κ3) is 5.02. The normalized spacial score (nSPS) is 15.8. The van der Waals surface area contributed by atoms with Gasteiger partial charge < -0.3 is 5.32 Å². The SMILES string of the molecule is N#CC(N=C1C=CC(NC(=O)NC(=O)c2c(F)cccc2F)C=C1)c1ccccc1. The Labute approximate surface area is 171 Å². The number of amides is 3. The van der Waals surface area contributed by atoms with Crippen LogP contribution in [0.5, 0.6) is 0 Å². The van der Waals surface area contributed by atoms with Crippen molar-refractivity contribution in [1.29, 1.82) is 5.26 Å². The molecule has 8 heteroatoms. The average Bonchev–Trinajstić information content (AvgIpc) is 2.73. The number of hydrogen-bond acceptors (Lipinski definition) is 4. The van der Waals surface area contributed by atoms with E-state index in [1.807, 2.05) is 23.5 Å². The zero-order valence-corrected chi connectivity index (χ0v) is 15.5. The van der Waals surface area contributed by atoms with Gasteiger partial charge >= 0.3 is 6.03 Å². The molecular weight excluding hydrogens is 390 g/mol. The molecule has 150 valence electrons. The molecule has 0 fully saturated rings. The Bertz CT molecular complexity index is 1050. The first-order valence-electron chi connectivity index (χ1n) is 8.92. The van der Waals surface area contributed by atoms with Gasteiger partial charge in [-0.25, -0.2) is 13.6 Å². The molecule has 2 aromatic rings. The minimum absolute atomic E-state index is 0.536. The number of nitrogens with one attached hydrogen (secondary N) is 2. The number of aliphatic imine (C=N–C) groups is 1. The summed E-state index contributed by atoms with van der Waals surface area (Å²) in [4.78, 5) is 28.3. The fourth-order valence-electron chi connectivity index (χ4n) is 2.74. The zero-order valence-electron chi connectivity index (χ0n) is 15.5. The maximum atomic E-state index is 13.6. The molecular formula is C22H16F2N4O2. The number of hydrogen-bond donors (Lipinski definition) is 2. The summed E-state index contributed by atoms with van der Waals surface area (Å²) in [7, 11) is 0. The van der Waals surface area contributed by atoms with Crippen molar-refractivity contribution in [3.8, 4) is 6.07 Å². The van der Waals surface area contributed by atoms with E-state index in [1.54, 1.807) is 36.4 Å². The highest BCUT2D eigenvalue weighted by Crippen LogP contribution is 2.17. The van der Waals surface area contributed by atoms with Crippen LogP contribution in [0.3, 0.4) is 0 Å². The van der Waals surface area contributed by atoms with Crippen molar-refractivity contribution < 1.29 is 18.4 Å². The Balaban J connectivity index is 1.60. The quantitative estimate of drug-likeness (QED) is 0.812. The standard InChI is InChI=1S/C22H16F2N4O2/c23-17-7-4-8-18(24)20(17)21(29)28-22(30)27-16-11-9-15(10-12-16)26-19(13-25)14-5-2-1-3-6-14/h1-12,16,19H,(H2,27,28,29,30). The predicted molar refractivity (Wildman–Crippen MR) is 107 cm³/mol. The minimum Gasteiger partial charge on any atom is -0.328 e.